The molecule has 1 saturated carbocycles. The SMILES string of the molecule is NC1CCCC(N)C1CI. The summed E-state index contributed by atoms with van der Waals surface area (Å²) in [6, 6.07) is 0.723. The predicted molar refractivity (Wildman–Crippen MR) is 52.2 cm³/mol. The molecule has 0 aromatic rings. The molecular formula is C7H15IN2. The molecule has 1 fully saturated rings. The van der Waals surface area contributed by atoms with Crippen LogP contribution in [0.1, 0.15) is 19.3 Å². The van der Waals surface area contributed by atoms with Crippen molar-refractivity contribution in [3.05, 3.63) is 0 Å². The first kappa shape index (κ1) is 8.74. The molecule has 2 nitrogen and oxygen atoms in total. The van der Waals surface area contributed by atoms with Crippen LogP contribution in [0.2, 0.25) is 0 Å². The van der Waals surface area contributed by atoms with Crippen LogP contribution in [0.3, 0.4) is 0 Å². The zero-order valence-electron chi connectivity index (χ0n) is 6.09. The average Bonchev–Trinajstić information content (AvgIpc) is 1.88. The van der Waals surface area contributed by atoms with E-state index in [-0.39, 0.29) is 0 Å². The first-order chi connectivity index (χ1) is 4.75. The molecule has 0 aromatic carbocycles. The van der Waals surface area contributed by atoms with Gasteiger partial charge in [0.15, 0.2) is 0 Å². The smallest absolute Gasteiger partial charge is 0.00893 e. The van der Waals surface area contributed by atoms with Gasteiger partial charge in [-0.2, -0.15) is 0 Å². The van der Waals surface area contributed by atoms with Crippen LogP contribution in [0.25, 0.3) is 0 Å². The first-order valence-corrected chi connectivity index (χ1v) is 5.35. The van der Waals surface area contributed by atoms with E-state index < -0.39 is 0 Å². The maximum absolute atomic E-state index is 5.90. The van der Waals surface area contributed by atoms with Crippen molar-refractivity contribution < 1.29 is 0 Å². The Hall–Kier alpha value is 0.650. The molecule has 0 spiro atoms. The van der Waals surface area contributed by atoms with E-state index in [1.54, 1.807) is 0 Å². The van der Waals surface area contributed by atoms with Gasteiger partial charge in [-0.15, -0.1) is 0 Å². The summed E-state index contributed by atoms with van der Waals surface area (Å²) in [5.41, 5.74) is 11.8. The van der Waals surface area contributed by atoms with Gasteiger partial charge in [0.25, 0.3) is 0 Å². The molecule has 0 heterocycles. The first-order valence-electron chi connectivity index (χ1n) is 3.83. The van der Waals surface area contributed by atoms with E-state index in [9.17, 15) is 0 Å². The van der Waals surface area contributed by atoms with Crippen LogP contribution in [-0.4, -0.2) is 16.5 Å². The molecule has 0 amide bonds. The Kier molecular flexibility index (Phi) is 3.39. The van der Waals surface area contributed by atoms with Crippen molar-refractivity contribution in [1.29, 1.82) is 0 Å². The van der Waals surface area contributed by atoms with Gasteiger partial charge < -0.3 is 11.5 Å². The Labute approximate surface area is 75.9 Å². The van der Waals surface area contributed by atoms with E-state index in [2.05, 4.69) is 22.6 Å². The van der Waals surface area contributed by atoms with Gasteiger partial charge >= 0.3 is 0 Å². The minimum absolute atomic E-state index is 0.362. The van der Waals surface area contributed by atoms with Crippen LogP contribution >= 0.6 is 22.6 Å². The van der Waals surface area contributed by atoms with Crippen molar-refractivity contribution in [3.63, 3.8) is 0 Å². The monoisotopic (exact) mass is 254 g/mol. The summed E-state index contributed by atoms with van der Waals surface area (Å²) < 4.78 is 1.11. The van der Waals surface area contributed by atoms with E-state index in [0.29, 0.717) is 18.0 Å². The molecule has 2 unspecified atom stereocenters. The van der Waals surface area contributed by atoms with Crippen molar-refractivity contribution in [2.45, 2.75) is 31.3 Å². The van der Waals surface area contributed by atoms with Crippen LogP contribution in [0, 0.1) is 5.92 Å². The van der Waals surface area contributed by atoms with Gasteiger partial charge in [-0.3, -0.25) is 0 Å². The maximum Gasteiger partial charge on any atom is 0.00893 e. The minimum Gasteiger partial charge on any atom is -0.327 e. The number of halogens is 1. The highest BCUT2D eigenvalue weighted by Gasteiger charge is 2.27. The summed E-state index contributed by atoms with van der Waals surface area (Å²) >= 11 is 2.38. The van der Waals surface area contributed by atoms with E-state index in [1.807, 2.05) is 0 Å². The molecule has 0 aromatic heterocycles. The highest BCUT2D eigenvalue weighted by molar-refractivity contribution is 14.1. The largest absolute Gasteiger partial charge is 0.327 e. The van der Waals surface area contributed by atoms with Gasteiger partial charge in [0.05, 0.1) is 0 Å². The molecule has 0 aliphatic heterocycles. The summed E-state index contributed by atoms with van der Waals surface area (Å²) in [5.74, 6) is 0.564. The van der Waals surface area contributed by atoms with E-state index in [1.165, 1.54) is 19.3 Å². The standard InChI is InChI=1S/C7H15IN2/c8-4-5-6(9)2-1-3-7(5)10/h5-7H,1-4,9-10H2. The summed E-state index contributed by atoms with van der Waals surface area (Å²) in [7, 11) is 0. The van der Waals surface area contributed by atoms with Gasteiger partial charge in [0.2, 0.25) is 0 Å². The predicted octanol–water partition coefficient (Wildman–Crippen LogP) is 0.876. The third-order valence-electron chi connectivity index (χ3n) is 2.35. The van der Waals surface area contributed by atoms with Crippen LogP contribution in [-0.2, 0) is 0 Å². The summed E-state index contributed by atoms with van der Waals surface area (Å²) in [5, 5.41) is 0. The van der Waals surface area contributed by atoms with E-state index in [4.69, 9.17) is 11.5 Å². The Bertz CT molecular complexity index is 97.8. The fraction of sp³-hybridized carbons (Fsp3) is 1.00. The van der Waals surface area contributed by atoms with Gasteiger partial charge in [-0.05, 0) is 18.8 Å². The maximum atomic E-state index is 5.90. The molecular weight excluding hydrogens is 239 g/mol. The van der Waals surface area contributed by atoms with Crippen LogP contribution in [0.4, 0.5) is 0 Å². The lowest BCUT2D eigenvalue weighted by Crippen LogP contribution is -2.46. The number of hydrogen-bond acceptors (Lipinski definition) is 2. The molecule has 4 N–H and O–H groups in total. The van der Waals surface area contributed by atoms with Crippen LogP contribution in [0.5, 0.6) is 0 Å². The van der Waals surface area contributed by atoms with Crippen LogP contribution in [0.15, 0.2) is 0 Å². The zero-order valence-corrected chi connectivity index (χ0v) is 8.25. The summed E-state index contributed by atoms with van der Waals surface area (Å²) in [6.07, 6.45) is 3.55. The Balaban J connectivity index is 2.45. The third-order valence-corrected chi connectivity index (χ3v) is 3.37. The van der Waals surface area contributed by atoms with Gasteiger partial charge in [0, 0.05) is 16.5 Å². The average molecular weight is 254 g/mol. The number of alkyl halides is 1. The van der Waals surface area contributed by atoms with Crippen molar-refractivity contribution in [2.24, 2.45) is 17.4 Å². The molecule has 1 aliphatic carbocycles. The van der Waals surface area contributed by atoms with E-state index >= 15 is 0 Å². The Morgan fingerprint density at radius 3 is 2.00 bits per heavy atom. The Morgan fingerprint density at radius 1 is 1.20 bits per heavy atom. The van der Waals surface area contributed by atoms with Crippen molar-refractivity contribution in [2.75, 3.05) is 4.43 Å². The second-order valence-corrected chi connectivity index (χ2v) is 3.96. The lowest BCUT2D eigenvalue weighted by Gasteiger charge is -2.32. The molecule has 2 atom stereocenters. The quantitative estimate of drug-likeness (QED) is 0.539. The molecule has 0 radical (unpaired) electrons. The van der Waals surface area contributed by atoms with Gasteiger partial charge in [-0.25, -0.2) is 0 Å². The van der Waals surface area contributed by atoms with Gasteiger partial charge in [0.1, 0.15) is 0 Å². The summed E-state index contributed by atoms with van der Waals surface area (Å²) in [6.45, 7) is 0. The molecule has 1 rings (SSSR count). The number of rotatable bonds is 1. The van der Waals surface area contributed by atoms with Crippen molar-refractivity contribution in [3.8, 4) is 0 Å². The number of hydrogen-bond donors (Lipinski definition) is 2. The fourth-order valence-corrected chi connectivity index (χ4v) is 2.87. The second kappa shape index (κ2) is 3.88. The molecule has 3 heteroatoms. The zero-order chi connectivity index (χ0) is 7.56. The van der Waals surface area contributed by atoms with Crippen molar-refractivity contribution >= 4 is 22.6 Å². The van der Waals surface area contributed by atoms with Gasteiger partial charge in [-0.1, -0.05) is 29.0 Å². The summed E-state index contributed by atoms with van der Waals surface area (Å²) in [4.78, 5) is 0. The van der Waals surface area contributed by atoms with Crippen LogP contribution < -0.4 is 11.5 Å². The minimum atomic E-state index is 0.362. The Morgan fingerprint density at radius 2 is 1.70 bits per heavy atom. The molecule has 0 saturated heterocycles. The fourth-order valence-electron chi connectivity index (χ4n) is 1.56. The molecule has 1 aliphatic rings. The third kappa shape index (κ3) is 1.83. The molecule has 0 bridgehead atoms. The lowest BCUT2D eigenvalue weighted by molar-refractivity contribution is 0.295. The normalized spacial score (nSPS) is 41.7. The molecule has 10 heavy (non-hydrogen) atoms. The molecule has 60 valence electrons. The lowest BCUT2D eigenvalue weighted by atomic mass is 9.83. The highest BCUT2D eigenvalue weighted by atomic mass is 127. The van der Waals surface area contributed by atoms with E-state index in [0.717, 1.165) is 4.43 Å². The van der Waals surface area contributed by atoms with Crippen molar-refractivity contribution in [1.82, 2.24) is 0 Å². The topological polar surface area (TPSA) is 52.0 Å². The number of nitrogens with two attached hydrogens (primary N) is 2. The highest BCUT2D eigenvalue weighted by Crippen LogP contribution is 2.23. The second-order valence-electron chi connectivity index (χ2n) is 3.08.